The molecular formula is C18H17F2N3O5S. The molecule has 0 aliphatic carbocycles. The highest BCUT2D eigenvalue weighted by molar-refractivity contribution is 7.89. The van der Waals surface area contributed by atoms with Gasteiger partial charge in [-0.3, -0.25) is 14.9 Å². The average Bonchev–Trinajstić information content (AvgIpc) is 2.70. The van der Waals surface area contributed by atoms with E-state index in [0.717, 1.165) is 42.8 Å². The third-order valence-corrected chi connectivity index (χ3v) is 6.44. The van der Waals surface area contributed by atoms with Crippen LogP contribution < -0.4 is 5.32 Å². The summed E-state index contributed by atoms with van der Waals surface area (Å²) >= 11 is 0. The molecule has 0 spiro atoms. The Bertz CT molecular complexity index is 1070. The first-order valence-corrected chi connectivity index (χ1v) is 10.2. The number of carbonyl (C=O) groups excluding carboxylic acids is 1. The van der Waals surface area contributed by atoms with Crippen LogP contribution in [-0.2, 0) is 10.0 Å². The number of nitrogens with one attached hydrogen (secondary N) is 1. The van der Waals surface area contributed by atoms with Crippen molar-refractivity contribution >= 4 is 27.3 Å². The molecule has 0 atom stereocenters. The Kier molecular flexibility index (Phi) is 5.89. The number of carbonyl (C=O) groups is 1. The molecular weight excluding hydrogens is 408 g/mol. The fourth-order valence-corrected chi connectivity index (χ4v) is 4.63. The van der Waals surface area contributed by atoms with Crippen LogP contribution in [0.1, 0.15) is 29.6 Å². The Labute approximate surface area is 165 Å². The van der Waals surface area contributed by atoms with E-state index in [-0.39, 0.29) is 24.3 Å². The standard InChI is InChI=1S/C18H17F2N3O5S/c19-14-7-5-13(11-16(14)23(25)26)21-18(24)12-4-6-15(20)17(10-12)29(27,28)22-8-2-1-3-9-22/h4-7,10-11H,1-3,8-9H2,(H,21,24). The molecule has 8 nitrogen and oxygen atoms in total. The molecule has 0 unspecified atom stereocenters. The minimum absolute atomic E-state index is 0.0622. The quantitative estimate of drug-likeness (QED) is 0.584. The van der Waals surface area contributed by atoms with Gasteiger partial charge in [-0.15, -0.1) is 0 Å². The molecule has 1 heterocycles. The summed E-state index contributed by atoms with van der Waals surface area (Å²) in [6.45, 7) is 0.550. The lowest BCUT2D eigenvalue weighted by Crippen LogP contribution is -2.36. The van der Waals surface area contributed by atoms with E-state index in [2.05, 4.69) is 5.32 Å². The van der Waals surface area contributed by atoms with Gasteiger partial charge in [-0.25, -0.2) is 12.8 Å². The molecule has 0 radical (unpaired) electrons. The van der Waals surface area contributed by atoms with Crippen molar-refractivity contribution < 1.29 is 26.9 Å². The molecule has 0 aromatic heterocycles. The van der Waals surface area contributed by atoms with Crippen molar-refractivity contribution in [1.29, 1.82) is 0 Å². The number of nitrogens with zero attached hydrogens (tertiary/aromatic N) is 2. The van der Waals surface area contributed by atoms with Gasteiger partial charge in [0, 0.05) is 30.4 Å². The van der Waals surface area contributed by atoms with Crippen LogP contribution in [0.2, 0.25) is 0 Å². The van der Waals surface area contributed by atoms with Crippen LogP contribution in [0.3, 0.4) is 0 Å². The van der Waals surface area contributed by atoms with E-state index in [1.165, 1.54) is 4.31 Å². The molecule has 154 valence electrons. The maximum absolute atomic E-state index is 14.2. The Morgan fingerprint density at radius 1 is 1.03 bits per heavy atom. The largest absolute Gasteiger partial charge is 0.322 e. The predicted octanol–water partition coefficient (Wildman–Crippen LogP) is 3.30. The lowest BCUT2D eigenvalue weighted by molar-refractivity contribution is -0.387. The minimum atomic E-state index is -4.11. The van der Waals surface area contributed by atoms with E-state index < -0.39 is 43.1 Å². The van der Waals surface area contributed by atoms with Gasteiger partial charge in [0.25, 0.3) is 5.91 Å². The summed E-state index contributed by atoms with van der Waals surface area (Å²) in [6, 6.07) is 5.67. The van der Waals surface area contributed by atoms with Crippen LogP contribution in [0.4, 0.5) is 20.2 Å². The zero-order valence-corrected chi connectivity index (χ0v) is 15.9. The van der Waals surface area contributed by atoms with Gasteiger partial charge in [0.1, 0.15) is 10.7 Å². The molecule has 1 amide bonds. The predicted molar refractivity (Wildman–Crippen MR) is 100 cm³/mol. The molecule has 1 aliphatic rings. The van der Waals surface area contributed by atoms with Gasteiger partial charge in [0.05, 0.1) is 4.92 Å². The van der Waals surface area contributed by atoms with E-state index in [1.54, 1.807) is 0 Å². The Morgan fingerprint density at radius 3 is 2.34 bits per heavy atom. The molecule has 0 bridgehead atoms. The van der Waals surface area contributed by atoms with Crippen molar-refractivity contribution in [3.8, 4) is 0 Å². The second-order valence-electron chi connectivity index (χ2n) is 6.49. The van der Waals surface area contributed by atoms with E-state index in [4.69, 9.17) is 0 Å². The van der Waals surface area contributed by atoms with Gasteiger partial charge in [0.2, 0.25) is 15.8 Å². The highest BCUT2D eigenvalue weighted by Crippen LogP contribution is 2.25. The number of amides is 1. The first-order valence-electron chi connectivity index (χ1n) is 8.75. The number of hydrogen-bond acceptors (Lipinski definition) is 5. The Hall–Kier alpha value is -2.92. The second-order valence-corrected chi connectivity index (χ2v) is 8.39. The SMILES string of the molecule is O=C(Nc1ccc(F)c([N+](=O)[O-])c1)c1ccc(F)c(S(=O)(=O)N2CCCCC2)c1. The van der Waals surface area contributed by atoms with Gasteiger partial charge >= 0.3 is 5.69 Å². The smallest absolute Gasteiger partial charge is 0.306 e. The third-order valence-electron chi connectivity index (χ3n) is 4.53. The van der Waals surface area contributed by atoms with E-state index in [1.807, 2.05) is 0 Å². The first kappa shape index (κ1) is 20.8. The van der Waals surface area contributed by atoms with Gasteiger partial charge < -0.3 is 5.32 Å². The van der Waals surface area contributed by atoms with Crippen molar-refractivity contribution in [3.63, 3.8) is 0 Å². The molecule has 3 rings (SSSR count). The first-order chi connectivity index (χ1) is 13.7. The van der Waals surface area contributed by atoms with E-state index >= 15 is 0 Å². The van der Waals surface area contributed by atoms with Crippen LogP contribution in [0.5, 0.6) is 0 Å². The third kappa shape index (κ3) is 4.40. The number of sulfonamides is 1. The molecule has 0 saturated carbocycles. The number of hydrogen-bond donors (Lipinski definition) is 1. The molecule has 2 aromatic rings. The van der Waals surface area contributed by atoms with Gasteiger partial charge in [-0.2, -0.15) is 8.70 Å². The van der Waals surface area contributed by atoms with E-state index in [0.29, 0.717) is 12.8 Å². The van der Waals surface area contributed by atoms with Gasteiger partial charge in [-0.1, -0.05) is 6.42 Å². The lowest BCUT2D eigenvalue weighted by Gasteiger charge is -2.26. The summed E-state index contributed by atoms with van der Waals surface area (Å²) in [7, 11) is -4.11. The van der Waals surface area contributed by atoms with Crippen molar-refractivity contribution in [3.05, 3.63) is 63.7 Å². The number of halogens is 2. The fourth-order valence-electron chi connectivity index (χ4n) is 3.02. The fraction of sp³-hybridized carbons (Fsp3) is 0.278. The number of nitro groups is 1. The summed E-state index contributed by atoms with van der Waals surface area (Å²) in [4.78, 5) is 21.7. The highest BCUT2D eigenvalue weighted by atomic mass is 32.2. The Morgan fingerprint density at radius 2 is 1.69 bits per heavy atom. The number of rotatable bonds is 5. The maximum atomic E-state index is 14.2. The molecule has 1 aliphatic heterocycles. The van der Waals surface area contributed by atoms with Crippen LogP contribution in [0.15, 0.2) is 41.3 Å². The number of piperidine rings is 1. The van der Waals surface area contributed by atoms with Crippen molar-refractivity contribution in [2.45, 2.75) is 24.2 Å². The normalized spacial score (nSPS) is 15.1. The second kappa shape index (κ2) is 8.21. The molecule has 2 aromatic carbocycles. The lowest BCUT2D eigenvalue weighted by atomic mass is 10.2. The van der Waals surface area contributed by atoms with Gasteiger partial charge in [-0.05, 0) is 43.2 Å². The van der Waals surface area contributed by atoms with E-state index in [9.17, 15) is 32.1 Å². The van der Waals surface area contributed by atoms with Crippen LogP contribution in [0.25, 0.3) is 0 Å². The average molecular weight is 425 g/mol. The summed E-state index contributed by atoms with van der Waals surface area (Å²) in [5, 5.41) is 13.1. The number of benzene rings is 2. The Balaban J connectivity index is 1.88. The zero-order valence-electron chi connectivity index (χ0n) is 15.1. The topological polar surface area (TPSA) is 110 Å². The van der Waals surface area contributed by atoms with Gasteiger partial charge in [0.15, 0.2) is 0 Å². The van der Waals surface area contributed by atoms with Crippen molar-refractivity contribution in [2.24, 2.45) is 0 Å². The van der Waals surface area contributed by atoms with Crippen LogP contribution in [-0.4, -0.2) is 36.6 Å². The molecule has 1 fully saturated rings. The summed E-state index contributed by atoms with van der Waals surface area (Å²) in [6.07, 6.45) is 2.23. The van der Waals surface area contributed by atoms with Crippen LogP contribution in [0, 0.1) is 21.7 Å². The number of anilines is 1. The molecule has 11 heteroatoms. The number of nitro benzene ring substituents is 1. The molecule has 1 saturated heterocycles. The minimum Gasteiger partial charge on any atom is -0.322 e. The summed E-state index contributed by atoms with van der Waals surface area (Å²) < 4.78 is 54.3. The summed E-state index contributed by atoms with van der Waals surface area (Å²) in [5.41, 5.74) is -1.04. The molecule has 1 N–H and O–H groups in total. The zero-order chi connectivity index (χ0) is 21.2. The highest BCUT2D eigenvalue weighted by Gasteiger charge is 2.29. The van der Waals surface area contributed by atoms with Crippen LogP contribution >= 0.6 is 0 Å². The monoisotopic (exact) mass is 425 g/mol. The summed E-state index contributed by atoms with van der Waals surface area (Å²) in [5.74, 6) is -2.87. The van der Waals surface area contributed by atoms with Crippen molar-refractivity contribution in [2.75, 3.05) is 18.4 Å². The molecule has 29 heavy (non-hydrogen) atoms. The maximum Gasteiger partial charge on any atom is 0.306 e. The van der Waals surface area contributed by atoms with Crippen molar-refractivity contribution in [1.82, 2.24) is 4.31 Å².